The number of carboxylic acids is 1. The number of carbonyl (C=O) groups is 1. The molecule has 0 aromatic heterocycles. The van der Waals surface area contributed by atoms with E-state index in [0.29, 0.717) is 0 Å². The molecule has 0 aliphatic carbocycles. The van der Waals surface area contributed by atoms with Gasteiger partial charge in [-0.05, 0) is 17.7 Å². The summed E-state index contributed by atoms with van der Waals surface area (Å²) in [6, 6.07) is 6.50. The zero-order chi connectivity index (χ0) is 10.8. The smallest absolute Gasteiger partial charge is 0.391 e. The highest BCUT2D eigenvalue weighted by atomic mass is 16.5. The van der Waals surface area contributed by atoms with E-state index < -0.39 is 12.1 Å². The van der Waals surface area contributed by atoms with Crippen molar-refractivity contribution in [2.45, 2.75) is 6.10 Å². The molecule has 0 spiro atoms. The van der Waals surface area contributed by atoms with Crippen LogP contribution in [-0.4, -0.2) is 28.6 Å². The number of rotatable bonds is 2. The first kappa shape index (κ1) is 9.51. The van der Waals surface area contributed by atoms with Crippen molar-refractivity contribution in [3.8, 4) is 5.75 Å². The number of aliphatic imine (C=N–C) groups is 1. The maximum atomic E-state index is 10.5. The first-order chi connectivity index (χ1) is 7.16. The molecule has 1 aromatic rings. The standard InChI is InChI=1S/C10H9NO4/c12-7-3-1-2-6(4-7)8-5-11-9(15-8)10(13)14/h1-4,8,12H,5H2,(H,13,14). The molecule has 0 amide bonds. The van der Waals surface area contributed by atoms with Gasteiger partial charge in [-0.15, -0.1) is 0 Å². The molecule has 0 bridgehead atoms. The van der Waals surface area contributed by atoms with Gasteiger partial charge in [0.15, 0.2) is 0 Å². The minimum absolute atomic E-state index is 0.125. The Morgan fingerprint density at radius 2 is 2.33 bits per heavy atom. The summed E-state index contributed by atoms with van der Waals surface area (Å²) in [5, 5.41) is 17.9. The second-order valence-corrected chi connectivity index (χ2v) is 3.15. The Bertz CT molecular complexity index is 427. The molecule has 2 N–H and O–H groups in total. The second-order valence-electron chi connectivity index (χ2n) is 3.15. The minimum Gasteiger partial charge on any atom is -0.508 e. The molecule has 1 unspecified atom stereocenters. The third-order valence-electron chi connectivity index (χ3n) is 2.08. The number of hydrogen-bond donors (Lipinski definition) is 2. The average molecular weight is 207 g/mol. The van der Waals surface area contributed by atoms with Crippen molar-refractivity contribution >= 4 is 11.9 Å². The van der Waals surface area contributed by atoms with Gasteiger partial charge in [0.25, 0.3) is 5.90 Å². The number of carboxylic acid groups (broad SMARTS) is 1. The molecule has 78 valence electrons. The van der Waals surface area contributed by atoms with E-state index in [0.717, 1.165) is 5.56 Å². The molecule has 15 heavy (non-hydrogen) atoms. The molecule has 5 nitrogen and oxygen atoms in total. The summed E-state index contributed by atoms with van der Waals surface area (Å²) in [5.74, 6) is -1.32. The summed E-state index contributed by atoms with van der Waals surface area (Å²) in [6.07, 6.45) is -0.414. The number of aromatic hydroxyl groups is 1. The van der Waals surface area contributed by atoms with Crippen LogP contribution in [0.3, 0.4) is 0 Å². The largest absolute Gasteiger partial charge is 0.508 e. The van der Waals surface area contributed by atoms with Crippen molar-refractivity contribution in [2.24, 2.45) is 4.99 Å². The van der Waals surface area contributed by atoms with Gasteiger partial charge in [-0.25, -0.2) is 9.79 Å². The zero-order valence-corrected chi connectivity index (χ0v) is 7.75. The third-order valence-corrected chi connectivity index (χ3v) is 2.08. The van der Waals surface area contributed by atoms with Crippen LogP contribution < -0.4 is 0 Å². The predicted molar refractivity (Wildman–Crippen MR) is 51.9 cm³/mol. The van der Waals surface area contributed by atoms with Crippen molar-refractivity contribution in [3.05, 3.63) is 29.8 Å². The Morgan fingerprint density at radius 1 is 1.53 bits per heavy atom. The van der Waals surface area contributed by atoms with Gasteiger partial charge < -0.3 is 14.9 Å². The van der Waals surface area contributed by atoms with Crippen LogP contribution in [0.25, 0.3) is 0 Å². The number of aliphatic carboxylic acids is 1. The van der Waals surface area contributed by atoms with Gasteiger partial charge in [0.05, 0.1) is 6.54 Å². The fraction of sp³-hybridized carbons (Fsp3) is 0.200. The number of phenols is 1. The van der Waals surface area contributed by atoms with Crippen LogP contribution in [0.15, 0.2) is 29.3 Å². The molecule has 1 atom stereocenters. The summed E-state index contributed by atoms with van der Waals surface area (Å²) in [6.45, 7) is 0.269. The van der Waals surface area contributed by atoms with Crippen molar-refractivity contribution in [1.29, 1.82) is 0 Å². The number of benzene rings is 1. The van der Waals surface area contributed by atoms with Gasteiger partial charge >= 0.3 is 5.97 Å². The number of phenolic OH excluding ortho intramolecular Hbond substituents is 1. The first-order valence-corrected chi connectivity index (χ1v) is 4.40. The molecule has 1 aliphatic heterocycles. The van der Waals surface area contributed by atoms with Gasteiger partial charge in [0.2, 0.25) is 0 Å². The number of nitrogens with zero attached hydrogens (tertiary/aromatic N) is 1. The minimum atomic E-state index is -1.17. The van der Waals surface area contributed by atoms with E-state index in [9.17, 15) is 9.90 Å². The highest BCUT2D eigenvalue weighted by Gasteiger charge is 2.25. The summed E-state index contributed by atoms with van der Waals surface area (Å²) in [5.41, 5.74) is 0.718. The lowest BCUT2D eigenvalue weighted by molar-refractivity contribution is -0.131. The molecule has 1 heterocycles. The average Bonchev–Trinajstić information content (AvgIpc) is 2.66. The molecule has 1 aliphatic rings. The molecule has 0 radical (unpaired) electrons. The monoisotopic (exact) mass is 207 g/mol. The molecular formula is C10H9NO4. The fourth-order valence-electron chi connectivity index (χ4n) is 1.39. The van der Waals surface area contributed by atoms with Crippen LogP contribution in [0.5, 0.6) is 5.75 Å². The highest BCUT2D eigenvalue weighted by molar-refractivity contribution is 6.32. The van der Waals surface area contributed by atoms with Crippen molar-refractivity contribution in [3.63, 3.8) is 0 Å². The van der Waals surface area contributed by atoms with Crippen molar-refractivity contribution in [2.75, 3.05) is 6.54 Å². The van der Waals surface area contributed by atoms with Gasteiger partial charge in [-0.2, -0.15) is 0 Å². The van der Waals surface area contributed by atoms with Crippen molar-refractivity contribution in [1.82, 2.24) is 0 Å². The highest BCUT2D eigenvalue weighted by Crippen LogP contribution is 2.25. The van der Waals surface area contributed by atoms with E-state index in [1.807, 2.05) is 0 Å². The maximum absolute atomic E-state index is 10.5. The summed E-state index contributed by atoms with van der Waals surface area (Å²) in [7, 11) is 0. The summed E-state index contributed by atoms with van der Waals surface area (Å²) >= 11 is 0. The van der Waals surface area contributed by atoms with Crippen LogP contribution in [0.2, 0.25) is 0 Å². The Labute approximate surface area is 85.6 Å². The molecule has 0 saturated carbocycles. The van der Waals surface area contributed by atoms with E-state index in [-0.39, 0.29) is 18.2 Å². The quantitative estimate of drug-likeness (QED) is 0.756. The number of hydrogen-bond acceptors (Lipinski definition) is 4. The molecule has 5 heteroatoms. The summed E-state index contributed by atoms with van der Waals surface area (Å²) in [4.78, 5) is 14.3. The Morgan fingerprint density at radius 3 is 2.93 bits per heavy atom. The van der Waals surface area contributed by atoms with Gasteiger partial charge in [-0.3, -0.25) is 0 Å². The molecule has 0 saturated heterocycles. The van der Waals surface area contributed by atoms with Crippen LogP contribution in [0.4, 0.5) is 0 Å². The van der Waals surface area contributed by atoms with E-state index in [1.165, 1.54) is 12.1 Å². The van der Waals surface area contributed by atoms with Crippen LogP contribution >= 0.6 is 0 Å². The Hall–Kier alpha value is -2.04. The SMILES string of the molecule is O=C(O)C1=NCC(c2cccc(O)c2)O1. The van der Waals surface area contributed by atoms with Gasteiger partial charge in [0, 0.05) is 0 Å². The van der Waals surface area contributed by atoms with E-state index in [4.69, 9.17) is 9.84 Å². The van der Waals surface area contributed by atoms with E-state index in [2.05, 4.69) is 4.99 Å². The topological polar surface area (TPSA) is 79.1 Å². The van der Waals surface area contributed by atoms with Gasteiger partial charge in [0.1, 0.15) is 11.9 Å². The number of ether oxygens (including phenoxy) is 1. The predicted octanol–water partition coefficient (Wildman–Crippen LogP) is 0.947. The summed E-state index contributed by atoms with van der Waals surface area (Å²) < 4.78 is 5.10. The fourth-order valence-corrected chi connectivity index (χ4v) is 1.39. The van der Waals surface area contributed by atoms with Gasteiger partial charge in [-0.1, -0.05) is 12.1 Å². The Kier molecular flexibility index (Phi) is 2.29. The first-order valence-electron chi connectivity index (χ1n) is 4.40. The molecule has 1 aromatic carbocycles. The van der Waals surface area contributed by atoms with E-state index in [1.54, 1.807) is 12.1 Å². The van der Waals surface area contributed by atoms with Crippen molar-refractivity contribution < 1.29 is 19.7 Å². The molecule has 0 fully saturated rings. The zero-order valence-electron chi connectivity index (χ0n) is 7.75. The maximum Gasteiger partial charge on any atom is 0.391 e. The lowest BCUT2D eigenvalue weighted by atomic mass is 10.1. The third kappa shape index (κ3) is 1.90. The van der Waals surface area contributed by atoms with Crippen LogP contribution in [-0.2, 0) is 9.53 Å². The van der Waals surface area contributed by atoms with Crippen LogP contribution in [0, 0.1) is 0 Å². The second kappa shape index (κ2) is 3.61. The Balaban J connectivity index is 2.13. The lowest BCUT2D eigenvalue weighted by Gasteiger charge is -2.10. The lowest BCUT2D eigenvalue weighted by Crippen LogP contribution is -2.14. The van der Waals surface area contributed by atoms with Crippen LogP contribution in [0.1, 0.15) is 11.7 Å². The van der Waals surface area contributed by atoms with E-state index >= 15 is 0 Å². The molecule has 2 rings (SSSR count). The molecular weight excluding hydrogens is 198 g/mol. The normalized spacial score (nSPS) is 19.5.